The van der Waals surface area contributed by atoms with Crippen LogP contribution < -0.4 is 5.32 Å². The number of nitrogens with one attached hydrogen (secondary N) is 1. The van der Waals surface area contributed by atoms with Crippen LogP contribution in [0.25, 0.3) is 0 Å². The highest BCUT2D eigenvalue weighted by atomic mass is 79.9. The molecule has 94 valence electrons. The Morgan fingerprint density at radius 3 is 2.71 bits per heavy atom. The number of hydrogen-bond donors (Lipinski definition) is 2. The predicted molar refractivity (Wildman–Crippen MR) is 70.2 cm³/mol. The van der Waals surface area contributed by atoms with Crippen molar-refractivity contribution in [3.63, 3.8) is 0 Å². The largest absolute Gasteiger partial charge is 0.465 e. The normalized spacial score (nSPS) is 13.2. The lowest BCUT2D eigenvalue weighted by molar-refractivity contribution is 0.174. The summed E-state index contributed by atoms with van der Waals surface area (Å²) in [4.78, 5) is 15.1. The molecule has 0 fully saturated rings. The number of nitrogens with zero attached hydrogens (tertiary/aromatic N) is 1. The van der Waals surface area contributed by atoms with Crippen molar-refractivity contribution in [2.45, 2.75) is 32.1 Å². The summed E-state index contributed by atoms with van der Waals surface area (Å²) in [7, 11) is 0. The van der Waals surface area contributed by atoms with Crippen molar-refractivity contribution in [2.24, 2.45) is 5.41 Å². The molecule has 1 amide bonds. The number of hydrogen-bond acceptors (Lipinski definition) is 2. The van der Waals surface area contributed by atoms with Crippen LogP contribution in [-0.2, 0) is 5.33 Å². The molecule has 1 aromatic rings. The van der Waals surface area contributed by atoms with Crippen molar-refractivity contribution in [2.75, 3.05) is 0 Å². The number of alkyl halides is 1. The fourth-order valence-corrected chi connectivity index (χ4v) is 1.94. The van der Waals surface area contributed by atoms with Crippen molar-refractivity contribution < 1.29 is 9.90 Å². The Morgan fingerprint density at radius 2 is 2.24 bits per heavy atom. The summed E-state index contributed by atoms with van der Waals surface area (Å²) in [5.41, 5.74) is 1.60. The number of carbonyl (C=O) groups is 1. The number of halogens is 1. The third-order valence-electron chi connectivity index (χ3n) is 2.43. The molecule has 0 bridgehead atoms. The zero-order valence-corrected chi connectivity index (χ0v) is 11.8. The first-order valence-corrected chi connectivity index (χ1v) is 6.47. The van der Waals surface area contributed by atoms with Crippen LogP contribution in [0.2, 0.25) is 0 Å². The topological polar surface area (TPSA) is 62.2 Å². The van der Waals surface area contributed by atoms with E-state index in [2.05, 4.69) is 26.2 Å². The van der Waals surface area contributed by atoms with E-state index < -0.39 is 6.09 Å². The smallest absolute Gasteiger partial charge is 0.405 e. The first-order chi connectivity index (χ1) is 7.84. The SMILES string of the molecule is CC(C)(C)C(NC(=O)O)c1cc(CBr)ccn1. The minimum Gasteiger partial charge on any atom is -0.465 e. The molecule has 4 nitrogen and oxygen atoms in total. The van der Waals surface area contributed by atoms with Crippen molar-refractivity contribution >= 4 is 22.0 Å². The second-order valence-electron chi connectivity index (χ2n) is 4.97. The van der Waals surface area contributed by atoms with E-state index in [0.29, 0.717) is 0 Å². The van der Waals surface area contributed by atoms with Crippen molar-refractivity contribution in [3.05, 3.63) is 29.6 Å². The molecule has 0 saturated heterocycles. The minimum absolute atomic E-state index is 0.226. The maximum Gasteiger partial charge on any atom is 0.405 e. The van der Waals surface area contributed by atoms with Gasteiger partial charge in [0.15, 0.2) is 0 Å². The monoisotopic (exact) mass is 300 g/mol. The van der Waals surface area contributed by atoms with Crippen LogP contribution in [0.5, 0.6) is 0 Å². The number of rotatable bonds is 3. The summed E-state index contributed by atoms with van der Waals surface area (Å²) in [5, 5.41) is 12.1. The Bertz CT molecular complexity index is 402. The van der Waals surface area contributed by atoms with Gasteiger partial charge in [-0.2, -0.15) is 0 Å². The maximum absolute atomic E-state index is 10.8. The number of amides is 1. The summed E-state index contributed by atoms with van der Waals surface area (Å²) in [6.07, 6.45) is 0.671. The zero-order valence-electron chi connectivity index (χ0n) is 10.2. The molecule has 0 spiro atoms. The molecule has 1 unspecified atom stereocenters. The summed E-state index contributed by atoms with van der Waals surface area (Å²) in [5.74, 6) is 0. The van der Waals surface area contributed by atoms with Gasteiger partial charge in [0.2, 0.25) is 0 Å². The summed E-state index contributed by atoms with van der Waals surface area (Å²) in [6.45, 7) is 5.95. The van der Waals surface area contributed by atoms with Crippen LogP contribution in [0, 0.1) is 5.41 Å². The highest BCUT2D eigenvalue weighted by Gasteiger charge is 2.29. The van der Waals surface area contributed by atoms with E-state index >= 15 is 0 Å². The Labute approximate surface area is 110 Å². The quantitative estimate of drug-likeness (QED) is 0.842. The lowest BCUT2D eigenvalue weighted by Crippen LogP contribution is -2.36. The fourth-order valence-electron chi connectivity index (χ4n) is 1.59. The molecule has 0 aliphatic heterocycles. The van der Waals surface area contributed by atoms with Crippen LogP contribution in [0.1, 0.15) is 38.1 Å². The van der Waals surface area contributed by atoms with E-state index in [0.717, 1.165) is 16.6 Å². The van der Waals surface area contributed by atoms with Crippen LogP contribution in [-0.4, -0.2) is 16.2 Å². The van der Waals surface area contributed by atoms with Crippen LogP contribution in [0.15, 0.2) is 18.3 Å². The van der Waals surface area contributed by atoms with Crippen molar-refractivity contribution in [3.8, 4) is 0 Å². The standard InChI is InChI=1S/C12H17BrN2O2/c1-12(2,3)10(15-11(16)17)9-6-8(7-13)4-5-14-9/h4-6,10,15H,7H2,1-3H3,(H,16,17). The van der Waals surface area contributed by atoms with Gasteiger partial charge in [0.1, 0.15) is 0 Å². The van der Waals surface area contributed by atoms with Gasteiger partial charge in [-0.25, -0.2) is 4.79 Å². The van der Waals surface area contributed by atoms with Crippen LogP contribution >= 0.6 is 15.9 Å². The Hall–Kier alpha value is -1.10. The molecule has 1 heterocycles. The fraction of sp³-hybridized carbons (Fsp3) is 0.500. The molecule has 0 aliphatic carbocycles. The van der Waals surface area contributed by atoms with Gasteiger partial charge in [0.05, 0.1) is 11.7 Å². The summed E-state index contributed by atoms with van der Waals surface area (Å²) >= 11 is 3.38. The third-order valence-corrected chi connectivity index (χ3v) is 3.08. The molecule has 2 N–H and O–H groups in total. The van der Waals surface area contributed by atoms with Crippen molar-refractivity contribution in [1.82, 2.24) is 10.3 Å². The van der Waals surface area contributed by atoms with Gasteiger partial charge in [0, 0.05) is 11.5 Å². The lowest BCUT2D eigenvalue weighted by Gasteiger charge is -2.30. The predicted octanol–water partition coefficient (Wildman–Crippen LogP) is 3.33. The van der Waals surface area contributed by atoms with Gasteiger partial charge < -0.3 is 10.4 Å². The van der Waals surface area contributed by atoms with E-state index in [9.17, 15) is 4.79 Å². The van der Waals surface area contributed by atoms with Gasteiger partial charge in [0.25, 0.3) is 0 Å². The average Bonchev–Trinajstić information content (AvgIpc) is 2.24. The minimum atomic E-state index is -1.03. The van der Waals surface area contributed by atoms with Gasteiger partial charge in [-0.1, -0.05) is 36.7 Å². The van der Waals surface area contributed by atoms with E-state index in [-0.39, 0.29) is 11.5 Å². The van der Waals surface area contributed by atoms with E-state index in [1.54, 1.807) is 6.20 Å². The van der Waals surface area contributed by atoms with E-state index in [1.807, 2.05) is 32.9 Å². The first-order valence-electron chi connectivity index (χ1n) is 5.35. The maximum atomic E-state index is 10.8. The summed E-state index contributed by atoms with van der Waals surface area (Å²) < 4.78 is 0. The molecule has 0 radical (unpaired) electrons. The molecule has 0 saturated carbocycles. The van der Waals surface area contributed by atoms with Crippen LogP contribution in [0.3, 0.4) is 0 Å². The van der Waals surface area contributed by atoms with E-state index in [1.165, 1.54) is 0 Å². The van der Waals surface area contributed by atoms with Gasteiger partial charge in [-0.3, -0.25) is 4.98 Å². The first kappa shape index (κ1) is 14.0. The third kappa shape index (κ3) is 4.00. The van der Waals surface area contributed by atoms with Crippen LogP contribution in [0.4, 0.5) is 4.79 Å². The molecule has 1 rings (SSSR count). The highest BCUT2D eigenvalue weighted by molar-refractivity contribution is 9.08. The number of carboxylic acid groups (broad SMARTS) is 1. The molecule has 5 heteroatoms. The Kier molecular flexibility index (Phi) is 4.51. The second-order valence-corrected chi connectivity index (χ2v) is 5.53. The molecule has 17 heavy (non-hydrogen) atoms. The van der Waals surface area contributed by atoms with Gasteiger partial charge in [-0.05, 0) is 23.1 Å². The van der Waals surface area contributed by atoms with Crippen molar-refractivity contribution in [1.29, 1.82) is 0 Å². The lowest BCUT2D eigenvalue weighted by atomic mass is 9.84. The number of pyridine rings is 1. The van der Waals surface area contributed by atoms with Gasteiger partial charge >= 0.3 is 6.09 Å². The molecule has 1 atom stereocenters. The van der Waals surface area contributed by atoms with E-state index in [4.69, 9.17) is 5.11 Å². The number of aromatic nitrogens is 1. The Morgan fingerprint density at radius 1 is 1.59 bits per heavy atom. The second kappa shape index (κ2) is 5.49. The average molecular weight is 301 g/mol. The molecule has 1 aromatic heterocycles. The highest BCUT2D eigenvalue weighted by Crippen LogP contribution is 2.32. The molecule has 0 aliphatic rings. The Balaban J connectivity index is 3.08. The molecular weight excluding hydrogens is 284 g/mol. The molecular formula is C12H17BrN2O2. The zero-order chi connectivity index (χ0) is 13.1. The van der Waals surface area contributed by atoms with Gasteiger partial charge in [-0.15, -0.1) is 0 Å². The molecule has 0 aromatic carbocycles. The summed E-state index contributed by atoms with van der Waals surface area (Å²) in [6, 6.07) is 3.50.